The fourth-order valence-corrected chi connectivity index (χ4v) is 5.63. The van der Waals surface area contributed by atoms with Crippen molar-refractivity contribution in [2.24, 2.45) is 0 Å². The summed E-state index contributed by atoms with van der Waals surface area (Å²) in [4.78, 5) is 0. The Kier molecular flexibility index (Phi) is 2.95. The van der Waals surface area contributed by atoms with Gasteiger partial charge in [0.25, 0.3) is 0 Å². The van der Waals surface area contributed by atoms with Crippen LogP contribution in [0.15, 0.2) is 24.3 Å². The summed E-state index contributed by atoms with van der Waals surface area (Å²) in [6.45, 7) is 4.47. The van der Waals surface area contributed by atoms with Crippen molar-refractivity contribution in [1.29, 1.82) is 0 Å². The van der Waals surface area contributed by atoms with Crippen LogP contribution in [0.1, 0.15) is 17.7 Å². The average molecular weight is 302 g/mol. The molecule has 0 aromatic carbocycles. The molecule has 0 amide bonds. The third-order valence-corrected chi connectivity index (χ3v) is 6.14. The molecular formula is C11H12Se2. The average Bonchev–Trinajstić information content (AvgIpc) is 2.62. The quantitative estimate of drug-likeness (QED) is 0.745. The minimum absolute atomic E-state index is 0.660. The summed E-state index contributed by atoms with van der Waals surface area (Å²) in [5.74, 6) is 0. The first-order chi connectivity index (χ1) is 6.24. The Balaban J connectivity index is 2.14. The number of aryl methyl sites for hydroxylation is 2. The van der Waals surface area contributed by atoms with Gasteiger partial charge in [0.2, 0.25) is 0 Å². The van der Waals surface area contributed by atoms with Gasteiger partial charge in [0.1, 0.15) is 0 Å². The van der Waals surface area contributed by atoms with Crippen LogP contribution >= 0.6 is 0 Å². The summed E-state index contributed by atoms with van der Waals surface area (Å²) in [6, 6.07) is 9.19. The summed E-state index contributed by atoms with van der Waals surface area (Å²) < 4.78 is 6.44. The second kappa shape index (κ2) is 4.02. The molecule has 0 N–H and O–H groups in total. The molecule has 13 heavy (non-hydrogen) atoms. The standard InChI is InChI=1S/C11H12Se2/c1-8-3-5-10(12-8)7-11-6-4-9(2)13-11/h3-6H,7H2,1-2H3. The zero-order chi connectivity index (χ0) is 9.26. The molecule has 2 aromatic heterocycles. The Labute approximate surface area is 91.1 Å². The normalized spacial score (nSPS) is 10.6. The van der Waals surface area contributed by atoms with Crippen LogP contribution in [0.3, 0.4) is 0 Å². The molecule has 0 radical (unpaired) electrons. The van der Waals surface area contributed by atoms with Gasteiger partial charge >= 0.3 is 91.3 Å². The fraction of sp³-hybridized carbons (Fsp3) is 0.273. The molecule has 0 aliphatic rings. The van der Waals surface area contributed by atoms with Gasteiger partial charge < -0.3 is 0 Å². The van der Waals surface area contributed by atoms with E-state index in [0.717, 1.165) is 0 Å². The first-order valence-corrected chi connectivity index (χ1v) is 7.77. The summed E-state index contributed by atoms with van der Waals surface area (Å²) in [6.07, 6.45) is 1.24. The predicted octanol–water partition coefficient (Wildman–Crippen LogP) is 2.01. The van der Waals surface area contributed by atoms with E-state index >= 15 is 0 Å². The number of hydrogen-bond acceptors (Lipinski definition) is 0. The molecule has 0 fully saturated rings. The van der Waals surface area contributed by atoms with E-state index in [1.165, 1.54) is 6.42 Å². The molecule has 2 heteroatoms. The van der Waals surface area contributed by atoms with Crippen molar-refractivity contribution in [1.82, 2.24) is 0 Å². The van der Waals surface area contributed by atoms with Gasteiger partial charge in [-0.15, -0.1) is 0 Å². The molecule has 0 unspecified atom stereocenters. The zero-order valence-corrected chi connectivity index (χ0v) is 11.3. The third kappa shape index (κ3) is 2.48. The van der Waals surface area contributed by atoms with Gasteiger partial charge in [-0.2, -0.15) is 0 Å². The molecule has 0 saturated heterocycles. The van der Waals surface area contributed by atoms with Crippen molar-refractivity contribution in [2.45, 2.75) is 20.3 Å². The zero-order valence-electron chi connectivity index (χ0n) is 7.83. The van der Waals surface area contributed by atoms with Gasteiger partial charge in [-0.3, -0.25) is 0 Å². The minimum atomic E-state index is 0.660. The van der Waals surface area contributed by atoms with Crippen LogP contribution in [0.4, 0.5) is 0 Å². The van der Waals surface area contributed by atoms with E-state index in [-0.39, 0.29) is 0 Å². The molecule has 0 aliphatic carbocycles. The topological polar surface area (TPSA) is 0 Å². The molecule has 0 atom stereocenters. The summed E-state index contributed by atoms with van der Waals surface area (Å²) in [5.41, 5.74) is 0. The van der Waals surface area contributed by atoms with Gasteiger partial charge in [-0.25, -0.2) is 0 Å². The van der Waals surface area contributed by atoms with E-state index in [4.69, 9.17) is 0 Å². The van der Waals surface area contributed by atoms with Gasteiger partial charge in [-0.1, -0.05) is 0 Å². The first kappa shape index (κ1) is 9.55. The van der Waals surface area contributed by atoms with Crippen LogP contribution in [0.5, 0.6) is 0 Å². The van der Waals surface area contributed by atoms with Crippen molar-refractivity contribution in [3.63, 3.8) is 0 Å². The van der Waals surface area contributed by atoms with Crippen LogP contribution < -0.4 is 0 Å². The Bertz CT molecular complexity index is 357. The van der Waals surface area contributed by atoms with E-state index < -0.39 is 0 Å². The second-order valence-electron chi connectivity index (χ2n) is 3.20. The molecule has 2 heterocycles. The van der Waals surface area contributed by atoms with Crippen LogP contribution in [0.25, 0.3) is 0 Å². The van der Waals surface area contributed by atoms with Crippen molar-refractivity contribution < 1.29 is 0 Å². The van der Waals surface area contributed by atoms with Crippen LogP contribution in [0, 0.1) is 13.8 Å². The second-order valence-corrected chi connectivity index (χ2v) is 8.96. The van der Waals surface area contributed by atoms with Gasteiger partial charge in [-0.05, 0) is 0 Å². The van der Waals surface area contributed by atoms with E-state index in [1.54, 1.807) is 17.7 Å². The molecule has 0 saturated carbocycles. The summed E-state index contributed by atoms with van der Waals surface area (Å²) in [5, 5.41) is 0. The molecule has 0 bridgehead atoms. The van der Waals surface area contributed by atoms with E-state index in [1.807, 2.05) is 0 Å². The van der Waals surface area contributed by atoms with E-state index in [2.05, 4.69) is 38.1 Å². The van der Waals surface area contributed by atoms with Crippen LogP contribution in [-0.4, -0.2) is 29.0 Å². The fourth-order valence-electron chi connectivity index (χ4n) is 1.33. The van der Waals surface area contributed by atoms with Crippen LogP contribution in [0.2, 0.25) is 0 Å². The third-order valence-electron chi connectivity index (χ3n) is 1.94. The molecule has 0 spiro atoms. The monoisotopic (exact) mass is 304 g/mol. The molecule has 68 valence electrons. The Hall–Kier alpha value is -0.00104. The molecule has 0 aliphatic heterocycles. The van der Waals surface area contributed by atoms with Crippen molar-refractivity contribution >= 4 is 29.0 Å². The van der Waals surface area contributed by atoms with Gasteiger partial charge in [0.05, 0.1) is 0 Å². The maximum absolute atomic E-state index is 2.32. The summed E-state index contributed by atoms with van der Waals surface area (Å²) in [7, 11) is 0. The van der Waals surface area contributed by atoms with Crippen molar-refractivity contribution in [2.75, 3.05) is 0 Å². The number of hydrogen-bond donors (Lipinski definition) is 0. The maximum atomic E-state index is 2.32. The van der Waals surface area contributed by atoms with Gasteiger partial charge in [0.15, 0.2) is 0 Å². The molecule has 0 nitrogen and oxygen atoms in total. The first-order valence-electron chi connectivity index (χ1n) is 4.34. The van der Waals surface area contributed by atoms with E-state index in [9.17, 15) is 0 Å². The van der Waals surface area contributed by atoms with Crippen LogP contribution in [-0.2, 0) is 6.42 Å². The Morgan fingerprint density at radius 2 is 1.31 bits per heavy atom. The Morgan fingerprint density at radius 1 is 0.846 bits per heavy atom. The van der Waals surface area contributed by atoms with E-state index in [0.29, 0.717) is 29.0 Å². The molecule has 2 rings (SSSR count). The SMILES string of the molecule is Cc1ccc(Cc2ccc(C)[se]2)[se]1. The molecular weight excluding hydrogens is 290 g/mol. The number of rotatable bonds is 2. The van der Waals surface area contributed by atoms with Gasteiger partial charge in [0, 0.05) is 0 Å². The predicted molar refractivity (Wildman–Crippen MR) is 59.0 cm³/mol. The molecule has 2 aromatic rings. The summed E-state index contributed by atoms with van der Waals surface area (Å²) >= 11 is 1.32. The van der Waals surface area contributed by atoms with Crippen molar-refractivity contribution in [3.05, 3.63) is 42.0 Å². The van der Waals surface area contributed by atoms with Crippen molar-refractivity contribution in [3.8, 4) is 0 Å². The Morgan fingerprint density at radius 3 is 1.62 bits per heavy atom.